The van der Waals surface area contributed by atoms with Gasteiger partial charge in [-0.3, -0.25) is 0 Å². The molecule has 0 heterocycles. The zero-order valence-electron chi connectivity index (χ0n) is 8.02. The van der Waals surface area contributed by atoms with Crippen molar-refractivity contribution in [3.05, 3.63) is 23.8 Å². The lowest BCUT2D eigenvalue weighted by Crippen LogP contribution is -2.29. The molecule has 15 heavy (non-hydrogen) atoms. The van der Waals surface area contributed by atoms with Crippen molar-refractivity contribution < 1.29 is 19.4 Å². The van der Waals surface area contributed by atoms with Crippen LogP contribution in [0.15, 0.2) is 18.2 Å². The van der Waals surface area contributed by atoms with Crippen LogP contribution in [0.1, 0.15) is 5.56 Å². The summed E-state index contributed by atoms with van der Waals surface area (Å²) in [6.07, 6.45) is 0. The van der Waals surface area contributed by atoms with Crippen LogP contribution in [0.4, 0.5) is 0 Å². The normalized spacial score (nSPS) is 9.07. The Morgan fingerprint density at radius 3 is 2.80 bits per heavy atom. The molecule has 0 fully saturated rings. The summed E-state index contributed by atoms with van der Waals surface area (Å²) in [5.41, 5.74) is 0.410. The number of rotatable bonds is 4. The van der Waals surface area contributed by atoms with Gasteiger partial charge in [-0.2, -0.15) is 5.26 Å². The largest absolute Gasteiger partial charge is 0.546 e. The molecule has 0 aliphatic rings. The van der Waals surface area contributed by atoms with E-state index in [1.54, 1.807) is 0 Å². The van der Waals surface area contributed by atoms with E-state index in [0.717, 1.165) is 0 Å². The van der Waals surface area contributed by atoms with Crippen molar-refractivity contribution >= 4 is 5.97 Å². The van der Waals surface area contributed by atoms with Crippen molar-refractivity contribution in [2.24, 2.45) is 0 Å². The van der Waals surface area contributed by atoms with E-state index in [-0.39, 0.29) is 5.75 Å². The first kappa shape index (κ1) is 10.9. The van der Waals surface area contributed by atoms with Crippen LogP contribution in [0.3, 0.4) is 0 Å². The fraction of sp³-hybridized carbons (Fsp3) is 0.200. The predicted molar refractivity (Wildman–Crippen MR) is 48.2 cm³/mol. The highest BCUT2D eigenvalue weighted by atomic mass is 16.5. The quantitative estimate of drug-likeness (QED) is 0.675. The molecule has 0 aliphatic carbocycles. The molecule has 0 spiro atoms. The Morgan fingerprint density at radius 2 is 2.27 bits per heavy atom. The van der Waals surface area contributed by atoms with E-state index < -0.39 is 12.6 Å². The van der Waals surface area contributed by atoms with E-state index in [9.17, 15) is 9.90 Å². The molecule has 0 atom stereocenters. The van der Waals surface area contributed by atoms with Crippen molar-refractivity contribution in [3.63, 3.8) is 0 Å². The fourth-order valence-electron chi connectivity index (χ4n) is 0.993. The van der Waals surface area contributed by atoms with Crippen LogP contribution in [0, 0.1) is 11.3 Å². The van der Waals surface area contributed by atoms with Crippen molar-refractivity contribution in [2.45, 2.75) is 0 Å². The third kappa shape index (κ3) is 2.88. The summed E-state index contributed by atoms with van der Waals surface area (Å²) in [6, 6.07) is 6.37. The second-order valence-corrected chi connectivity index (χ2v) is 2.64. The van der Waals surface area contributed by atoms with Crippen LogP contribution in [0.25, 0.3) is 0 Å². The lowest BCUT2D eigenvalue weighted by molar-refractivity contribution is -0.307. The molecule has 0 bridgehead atoms. The molecule has 0 saturated carbocycles. The summed E-state index contributed by atoms with van der Waals surface area (Å²) in [4.78, 5) is 10.2. The third-order valence-electron chi connectivity index (χ3n) is 1.64. The van der Waals surface area contributed by atoms with Gasteiger partial charge in [0.15, 0.2) is 11.5 Å². The number of carboxylic acids is 1. The highest BCUT2D eigenvalue weighted by Crippen LogP contribution is 2.27. The number of methoxy groups -OCH3 is 1. The van der Waals surface area contributed by atoms with Gasteiger partial charge < -0.3 is 19.4 Å². The van der Waals surface area contributed by atoms with Gasteiger partial charge >= 0.3 is 0 Å². The number of carbonyl (C=O) groups excluding carboxylic acids is 1. The maximum Gasteiger partial charge on any atom is 0.162 e. The summed E-state index contributed by atoms with van der Waals surface area (Å²) < 4.78 is 9.82. The molecule has 78 valence electrons. The van der Waals surface area contributed by atoms with E-state index in [4.69, 9.17) is 14.7 Å². The summed E-state index contributed by atoms with van der Waals surface area (Å²) in [5, 5.41) is 18.8. The van der Waals surface area contributed by atoms with E-state index in [1.165, 1.54) is 25.3 Å². The molecule has 0 aliphatic heterocycles. The maximum atomic E-state index is 10.2. The zero-order valence-corrected chi connectivity index (χ0v) is 8.02. The van der Waals surface area contributed by atoms with Gasteiger partial charge in [-0.1, -0.05) is 0 Å². The SMILES string of the molecule is COc1cc(C#N)ccc1OCC(=O)[O-]. The van der Waals surface area contributed by atoms with Gasteiger partial charge in [0, 0.05) is 6.07 Å². The van der Waals surface area contributed by atoms with Gasteiger partial charge in [0.25, 0.3) is 0 Å². The standard InChI is InChI=1S/C10H9NO4/c1-14-9-4-7(5-11)2-3-8(9)15-6-10(12)13/h2-4H,6H2,1H3,(H,12,13)/p-1. The minimum atomic E-state index is -1.32. The zero-order chi connectivity index (χ0) is 11.3. The van der Waals surface area contributed by atoms with Crippen LogP contribution in [-0.4, -0.2) is 19.7 Å². The van der Waals surface area contributed by atoms with Gasteiger partial charge in [0.2, 0.25) is 0 Å². The number of hydrogen-bond acceptors (Lipinski definition) is 5. The van der Waals surface area contributed by atoms with Crippen LogP contribution >= 0.6 is 0 Å². The number of carbonyl (C=O) groups is 1. The lowest BCUT2D eigenvalue weighted by atomic mass is 10.2. The van der Waals surface area contributed by atoms with Crippen LogP contribution in [0.2, 0.25) is 0 Å². The molecule has 5 heteroatoms. The topological polar surface area (TPSA) is 82.4 Å². The first-order valence-electron chi connectivity index (χ1n) is 4.08. The summed E-state index contributed by atoms with van der Waals surface area (Å²) in [5.74, 6) is -0.739. The van der Waals surface area contributed by atoms with Gasteiger partial charge in [0.1, 0.15) is 6.61 Å². The number of nitriles is 1. The Morgan fingerprint density at radius 1 is 1.53 bits per heavy atom. The monoisotopic (exact) mass is 206 g/mol. The minimum absolute atomic E-state index is 0.265. The highest BCUT2D eigenvalue weighted by molar-refractivity contribution is 5.66. The first-order chi connectivity index (χ1) is 7.17. The molecule has 1 aromatic rings. The Bertz CT molecular complexity index is 408. The predicted octanol–water partition coefficient (Wildman–Crippen LogP) is -0.304. The Hall–Kier alpha value is -2.22. The van der Waals surface area contributed by atoms with Crippen LogP contribution < -0.4 is 14.6 Å². The maximum absolute atomic E-state index is 10.2. The minimum Gasteiger partial charge on any atom is -0.546 e. The molecule has 0 N–H and O–H groups in total. The van der Waals surface area contributed by atoms with Crippen molar-refractivity contribution in [1.29, 1.82) is 5.26 Å². The Kier molecular flexibility index (Phi) is 3.52. The molecule has 1 aromatic carbocycles. The second-order valence-electron chi connectivity index (χ2n) is 2.64. The number of ether oxygens (including phenoxy) is 2. The lowest BCUT2D eigenvalue weighted by Gasteiger charge is -2.10. The molecular weight excluding hydrogens is 198 g/mol. The molecule has 5 nitrogen and oxygen atoms in total. The van der Waals surface area contributed by atoms with Crippen molar-refractivity contribution in [3.8, 4) is 17.6 Å². The molecule has 0 amide bonds. The average Bonchev–Trinajstić information content (AvgIpc) is 2.25. The molecule has 0 radical (unpaired) electrons. The first-order valence-corrected chi connectivity index (χ1v) is 4.08. The smallest absolute Gasteiger partial charge is 0.162 e. The molecule has 0 aromatic heterocycles. The Balaban J connectivity index is 2.88. The Labute approximate surface area is 86.5 Å². The van der Waals surface area contributed by atoms with E-state index in [2.05, 4.69) is 0 Å². The number of hydrogen-bond donors (Lipinski definition) is 0. The molecule has 1 rings (SSSR count). The highest BCUT2D eigenvalue weighted by Gasteiger charge is 2.05. The number of nitrogens with zero attached hydrogens (tertiary/aromatic N) is 1. The average molecular weight is 206 g/mol. The fourth-order valence-corrected chi connectivity index (χ4v) is 0.993. The summed E-state index contributed by atoms with van der Waals surface area (Å²) >= 11 is 0. The number of carboxylic acid groups (broad SMARTS) is 1. The van der Waals surface area contributed by atoms with Crippen LogP contribution in [0.5, 0.6) is 11.5 Å². The van der Waals surface area contributed by atoms with Gasteiger partial charge in [-0.25, -0.2) is 0 Å². The van der Waals surface area contributed by atoms with Gasteiger partial charge in [-0.05, 0) is 12.1 Å². The molecule has 0 unspecified atom stereocenters. The van der Waals surface area contributed by atoms with Crippen molar-refractivity contribution in [2.75, 3.05) is 13.7 Å². The van der Waals surface area contributed by atoms with E-state index in [0.29, 0.717) is 11.3 Å². The number of benzene rings is 1. The van der Waals surface area contributed by atoms with E-state index in [1.807, 2.05) is 6.07 Å². The number of aliphatic carboxylic acids is 1. The molecular formula is C10H8NO4-. The second kappa shape index (κ2) is 4.86. The molecule has 0 saturated heterocycles. The van der Waals surface area contributed by atoms with E-state index >= 15 is 0 Å². The third-order valence-corrected chi connectivity index (χ3v) is 1.64. The van der Waals surface area contributed by atoms with Gasteiger partial charge in [0.05, 0.1) is 24.7 Å². The summed E-state index contributed by atoms with van der Waals surface area (Å²) in [6.45, 7) is -0.553. The van der Waals surface area contributed by atoms with Crippen molar-refractivity contribution in [1.82, 2.24) is 0 Å². The summed E-state index contributed by atoms with van der Waals surface area (Å²) in [7, 11) is 1.41. The van der Waals surface area contributed by atoms with Crippen LogP contribution in [-0.2, 0) is 4.79 Å². The van der Waals surface area contributed by atoms with Gasteiger partial charge in [-0.15, -0.1) is 0 Å².